The third-order valence-electron chi connectivity index (χ3n) is 4.15. The zero-order valence-electron chi connectivity index (χ0n) is 16.2. The molecule has 29 heavy (non-hydrogen) atoms. The van der Waals surface area contributed by atoms with Gasteiger partial charge >= 0.3 is 0 Å². The summed E-state index contributed by atoms with van der Waals surface area (Å²) in [4.78, 5) is 25.3. The van der Waals surface area contributed by atoms with E-state index < -0.39 is 5.91 Å². The Balaban J connectivity index is 1.78. The molecule has 9 heteroatoms. The molecule has 1 heterocycles. The number of carbonyl (C=O) groups is 1. The number of methoxy groups -OCH3 is 1. The first-order chi connectivity index (χ1) is 13.9. The van der Waals surface area contributed by atoms with Crippen molar-refractivity contribution >= 4 is 39.7 Å². The Labute approximate surface area is 172 Å². The molecule has 0 aliphatic rings. The second-order valence-corrected chi connectivity index (χ2v) is 6.91. The van der Waals surface area contributed by atoms with Crippen molar-refractivity contribution in [2.24, 2.45) is 0 Å². The quantitative estimate of drug-likeness (QED) is 0.448. The Morgan fingerprint density at radius 1 is 1.10 bits per heavy atom. The van der Waals surface area contributed by atoms with Gasteiger partial charge < -0.3 is 10.1 Å². The van der Waals surface area contributed by atoms with Crippen LogP contribution in [0.4, 0.5) is 5.69 Å². The molecule has 3 rings (SSSR count). The molecular weight excluding hydrogens is 390 g/mol. The highest BCUT2D eigenvalue weighted by Crippen LogP contribution is 2.17. The van der Waals surface area contributed by atoms with Gasteiger partial charge in [0.1, 0.15) is 5.75 Å². The number of carbonyl (C=O) groups excluding carboxylic acids is 1. The first kappa shape index (κ1) is 20.3. The minimum absolute atomic E-state index is 0.130. The second kappa shape index (κ2) is 8.70. The maximum Gasteiger partial charge on any atom is 0.290 e. The highest BCUT2D eigenvalue weighted by molar-refractivity contribution is 7.80. The summed E-state index contributed by atoms with van der Waals surface area (Å²) in [7, 11) is 1.57. The van der Waals surface area contributed by atoms with Crippen molar-refractivity contribution in [3.63, 3.8) is 0 Å². The molecule has 0 bridgehead atoms. The number of fused-ring (bicyclic) bond motifs is 1. The van der Waals surface area contributed by atoms with E-state index in [-0.39, 0.29) is 22.4 Å². The van der Waals surface area contributed by atoms with Gasteiger partial charge in [-0.3, -0.25) is 20.4 Å². The molecule has 0 saturated carbocycles. The lowest BCUT2D eigenvalue weighted by Crippen LogP contribution is -2.44. The number of nitrogens with one attached hydrogen (secondary N) is 3. The molecule has 1 aromatic heterocycles. The second-order valence-electron chi connectivity index (χ2n) is 6.50. The average Bonchev–Trinajstić information content (AvgIpc) is 2.72. The van der Waals surface area contributed by atoms with Crippen LogP contribution < -0.4 is 26.5 Å². The number of aromatic nitrogens is 2. The van der Waals surface area contributed by atoms with Crippen LogP contribution >= 0.6 is 12.2 Å². The van der Waals surface area contributed by atoms with Gasteiger partial charge in [0.2, 0.25) is 0 Å². The molecule has 1 amide bonds. The fraction of sp³-hybridized carbons (Fsp3) is 0.200. The van der Waals surface area contributed by atoms with Crippen molar-refractivity contribution < 1.29 is 9.53 Å². The van der Waals surface area contributed by atoms with Crippen LogP contribution in [0.5, 0.6) is 5.75 Å². The number of ether oxygens (including phenoxy) is 1. The van der Waals surface area contributed by atoms with Crippen molar-refractivity contribution in [3.8, 4) is 5.75 Å². The van der Waals surface area contributed by atoms with E-state index in [0.717, 1.165) is 0 Å². The number of hydrogen-bond acceptors (Lipinski definition) is 5. The van der Waals surface area contributed by atoms with Crippen molar-refractivity contribution in [1.29, 1.82) is 0 Å². The minimum atomic E-state index is -0.509. The molecule has 0 spiro atoms. The molecule has 0 fully saturated rings. The van der Waals surface area contributed by atoms with Crippen LogP contribution in [0.1, 0.15) is 30.4 Å². The lowest BCUT2D eigenvalue weighted by Gasteiger charge is -2.15. The molecule has 150 valence electrons. The van der Waals surface area contributed by atoms with E-state index in [4.69, 9.17) is 17.0 Å². The maximum atomic E-state index is 12.7. The molecule has 2 aromatic carbocycles. The minimum Gasteiger partial charge on any atom is -0.497 e. The maximum absolute atomic E-state index is 12.7. The summed E-state index contributed by atoms with van der Waals surface area (Å²) in [5.41, 5.74) is 5.76. The Bertz CT molecular complexity index is 1130. The Morgan fingerprint density at radius 3 is 2.52 bits per heavy atom. The number of thiocarbonyl (C=S) groups is 1. The van der Waals surface area contributed by atoms with E-state index in [1.54, 1.807) is 37.4 Å². The van der Waals surface area contributed by atoms with Crippen molar-refractivity contribution in [3.05, 3.63) is 64.6 Å². The average molecular weight is 411 g/mol. The first-order valence-electron chi connectivity index (χ1n) is 8.93. The van der Waals surface area contributed by atoms with Gasteiger partial charge in [-0.25, -0.2) is 4.68 Å². The summed E-state index contributed by atoms with van der Waals surface area (Å²) in [5, 5.41) is 8.30. The lowest BCUT2D eigenvalue weighted by atomic mass is 10.1. The zero-order valence-corrected chi connectivity index (χ0v) is 17.0. The highest BCUT2D eigenvalue weighted by atomic mass is 32.1. The summed E-state index contributed by atoms with van der Waals surface area (Å²) in [6.07, 6.45) is 0. The molecule has 0 atom stereocenters. The standard InChI is InChI=1S/C20H21N5O3S/c1-12(2)25-19(27)16-10-5-4-9-15(16)17(24-25)18(26)22-23-20(29)21-13-7-6-8-14(11-13)28-3/h4-12H,1-3H3,(H,22,26)(H2,21,23,29). The number of benzene rings is 2. The van der Waals surface area contributed by atoms with Gasteiger partial charge in [-0.05, 0) is 44.3 Å². The highest BCUT2D eigenvalue weighted by Gasteiger charge is 2.17. The predicted octanol–water partition coefficient (Wildman–Crippen LogP) is 2.62. The van der Waals surface area contributed by atoms with Crippen LogP contribution in [0.15, 0.2) is 53.3 Å². The molecular formula is C20H21N5O3S. The van der Waals surface area contributed by atoms with Gasteiger partial charge in [0, 0.05) is 17.1 Å². The number of hydrogen-bond donors (Lipinski definition) is 3. The third-order valence-corrected chi connectivity index (χ3v) is 4.35. The number of amides is 1. The van der Waals surface area contributed by atoms with Crippen molar-refractivity contribution in [2.75, 3.05) is 12.4 Å². The van der Waals surface area contributed by atoms with Gasteiger partial charge in [-0.1, -0.05) is 24.3 Å². The summed E-state index contributed by atoms with van der Waals surface area (Å²) < 4.78 is 6.46. The predicted molar refractivity (Wildman–Crippen MR) is 116 cm³/mol. The molecule has 0 saturated heterocycles. The van der Waals surface area contributed by atoms with E-state index in [2.05, 4.69) is 21.3 Å². The molecule has 3 aromatic rings. The van der Waals surface area contributed by atoms with Gasteiger partial charge in [0.15, 0.2) is 10.8 Å². The van der Waals surface area contributed by atoms with Crippen LogP contribution in [0.25, 0.3) is 10.8 Å². The Morgan fingerprint density at radius 2 is 1.83 bits per heavy atom. The largest absolute Gasteiger partial charge is 0.497 e. The van der Waals surface area contributed by atoms with Crippen molar-refractivity contribution in [2.45, 2.75) is 19.9 Å². The van der Waals surface area contributed by atoms with Gasteiger partial charge in [-0.2, -0.15) is 5.10 Å². The molecule has 3 N–H and O–H groups in total. The van der Waals surface area contributed by atoms with Gasteiger partial charge in [0.25, 0.3) is 11.5 Å². The van der Waals surface area contributed by atoms with Crippen LogP contribution in [0.2, 0.25) is 0 Å². The van der Waals surface area contributed by atoms with E-state index in [1.807, 2.05) is 32.0 Å². The fourth-order valence-electron chi connectivity index (χ4n) is 2.76. The monoisotopic (exact) mass is 411 g/mol. The topological polar surface area (TPSA) is 97.3 Å². The van der Waals surface area contributed by atoms with Crippen LogP contribution in [0.3, 0.4) is 0 Å². The normalized spacial score (nSPS) is 10.6. The zero-order chi connectivity index (χ0) is 21.0. The molecule has 8 nitrogen and oxygen atoms in total. The summed E-state index contributed by atoms with van der Waals surface area (Å²) >= 11 is 5.21. The molecule has 0 aliphatic heterocycles. The van der Waals surface area contributed by atoms with E-state index in [9.17, 15) is 9.59 Å². The third kappa shape index (κ3) is 4.52. The number of nitrogens with zero attached hydrogens (tertiary/aromatic N) is 2. The van der Waals surface area contributed by atoms with E-state index in [0.29, 0.717) is 22.2 Å². The van der Waals surface area contributed by atoms with Crippen LogP contribution in [-0.2, 0) is 0 Å². The first-order valence-corrected chi connectivity index (χ1v) is 9.34. The SMILES string of the molecule is COc1cccc(NC(=S)NNC(=O)c2nn(C(C)C)c(=O)c3ccccc23)c1. The van der Waals surface area contributed by atoms with Gasteiger partial charge in [-0.15, -0.1) is 0 Å². The molecule has 0 radical (unpaired) electrons. The van der Waals surface area contributed by atoms with Crippen LogP contribution in [-0.4, -0.2) is 27.9 Å². The summed E-state index contributed by atoms with van der Waals surface area (Å²) in [6, 6.07) is 13.9. The number of rotatable bonds is 4. The van der Waals surface area contributed by atoms with Crippen molar-refractivity contribution in [1.82, 2.24) is 20.6 Å². The van der Waals surface area contributed by atoms with Crippen LogP contribution in [0, 0.1) is 0 Å². The van der Waals surface area contributed by atoms with E-state index in [1.165, 1.54) is 4.68 Å². The summed E-state index contributed by atoms with van der Waals surface area (Å²) in [5.74, 6) is 0.166. The van der Waals surface area contributed by atoms with E-state index >= 15 is 0 Å². The van der Waals surface area contributed by atoms with Gasteiger partial charge in [0.05, 0.1) is 18.5 Å². The Kier molecular flexibility index (Phi) is 6.08. The molecule has 0 aliphatic carbocycles. The lowest BCUT2D eigenvalue weighted by molar-refractivity contribution is 0.0938. The molecule has 0 unspecified atom stereocenters. The Hall–Kier alpha value is -3.46. The smallest absolute Gasteiger partial charge is 0.290 e. The number of hydrazine groups is 1. The summed E-state index contributed by atoms with van der Waals surface area (Å²) in [6.45, 7) is 3.66. The number of anilines is 1. The fourth-order valence-corrected chi connectivity index (χ4v) is 2.93.